The van der Waals surface area contributed by atoms with Crippen molar-refractivity contribution in [3.63, 3.8) is 0 Å². The lowest BCUT2D eigenvalue weighted by atomic mass is 10.1. The van der Waals surface area contributed by atoms with Gasteiger partial charge in [0.2, 0.25) is 0 Å². The summed E-state index contributed by atoms with van der Waals surface area (Å²) >= 11 is 5.86. The summed E-state index contributed by atoms with van der Waals surface area (Å²) in [4.78, 5) is 25.5. The second-order valence-electron chi connectivity index (χ2n) is 4.99. The fourth-order valence-electron chi connectivity index (χ4n) is 2.22. The number of halogens is 1. The van der Waals surface area contributed by atoms with Gasteiger partial charge in [0.25, 0.3) is 0 Å². The Balaban J connectivity index is 1.53. The zero-order valence-electron chi connectivity index (χ0n) is 12.1. The quantitative estimate of drug-likeness (QED) is 0.686. The summed E-state index contributed by atoms with van der Waals surface area (Å²) < 4.78 is 4.94. The van der Waals surface area contributed by atoms with Gasteiger partial charge < -0.3 is 15.1 Å². The Kier molecular flexibility index (Phi) is 4.34. The number of rotatable bonds is 4. The maximum Gasteiger partial charge on any atom is 0.417 e. The molecule has 0 atom stereocenters. The molecule has 0 bridgehead atoms. The first kappa shape index (κ1) is 15.2. The molecule has 0 aliphatic heterocycles. The number of aromatic amines is 1. The lowest BCUT2D eigenvalue weighted by molar-refractivity contribution is 0.252. The van der Waals surface area contributed by atoms with E-state index in [-0.39, 0.29) is 6.03 Å². The number of nitrogens with one attached hydrogen (secondary N) is 3. The van der Waals surface area contributed by atoms with E-state index in [4.69, 9.17) is 16.0 Å². The molecule has 0 saturated carbocycles. The molecule has 0 fully saturated rings. The molecule has 0 aliphatic rings. The summed E-state index contributed by atoms with van der Waals surface area (Å²) in [7, 11) is 0. The van der Waals surface area contributed by atoms with Gasteiger partial charge in [0.1, 0.15) is 0 Å². The summed E-state index contributed by atoms with van der Waals surface area (Å²) in [5.41, 5.74) is 2.78. The van der Waals surface area contributed by atoms with Gasteiger partial charge in [-0.3, -0.25) is 4.98 Å². The number of fused-ring (bicyclic) bond motifs is 1. The molecular formula is C16H14ClN3O3. The molecule has 0 saturated heterocycles. The van der Waals surface area contributed by atoms with Crippen molar-refractivity contribution >= 4 is 34.4 Å². The lowest BCUT2D eigenvalue weighted by Crippen LogP contribution is -2.30. The number of oxazole rings is 1. The van der Waals surface area contributed by atoms with Crippen LogP contribution in [0.1, 0.15) is 5.56 Å². The van der Waals surface area contributed by atoms with Gasteiger partial charge in [-0.05, 0) is 42.3 Å². The summed E-state index contributed by atoms with van der Waals surface area (Å²) in [6.07, 6.45) is 0.631. The first-order chi connectivity index (χ1) is 11.1. The molecule has 0 aliphatic carbocycles. The molecule has 2 amide bonds. The van der Waals surface area contributed by atoms with Crippen LogP contribution in [0.2, 0.25) is 5.02 Å². The average molecular weight is 332 g/mol. The van der Waals surface area contributed by atoms with Gasteiger partial charge in [-0.25, -0.2) is 9.59 Å². The SMILES string of the molecule is O=C(NCCc1ccc2oc(=O)[nH]c2c1)Nc1cccc(Cl)c1. The van der Waals surface area contributed by atoms with Crippen LogP contribution >= 0.6 is 11.6 Å². The fraction of sp³-hybridized carbons (Fsp3) is 0.125. The molecule has 2 aromatic carbocycles. The number of anilines is 1. The van der Waals surface area contributed by atoms with Gasteiger partial charge in [0, 0.05) is 17.3 Å². The van der Waals surface area contributed by atoms with E-state index in [9.17, 15) is 9.59 Å². The minimum atomic E-state index is -0.476. The first-order valence-corrected chi connectivity index (χ1v) is 7.40. The van der Waals surface area contributed by atoms with Crippen molar-refractivity contribution in [2.24, 2.45) is 0 Å². The molecule has 1 aromatic heterocycles. The molecular weight excluding hydrogens is 318 g/mol. The molecule has 0 unspecified atom stereocenters. The maximum absolute atomic E-state index is 11.8. The molecule has 1 heterocycles. The standard InChI is InChI=1S/C16H14ClN3O3/c17-11-2-1-3-12(9-11)19-15(21)18-7-6-10-4-5-14-13(8-10)20-16(22)23-14/h1-5,8-9H,6-7H2,(H,20,22)(H2,18,19,21). The molecule has 6 nitrogen and oxygen atoms in total. The smallest absolute Gasteiger partial charge is 0.408 e. The van der Waals surface area contributed by atoms with E-state index in [0.717, 1.165) is 5.56 Å². The van der Waals surface area contributed by atoms with E-state index in [1.54, 1.807) is 30.3 Å². The van der Waals surface area contributed by atoms with E-state index < -0.39 is 5.76 Å². The molecule has 3 aromatic rings. The first-order valence-electron chi connectivity index (χ1n) is 7.02. The highest BCUT2D eigenvalue weighted by atomic mass is 35.5. The van der Waals surface area contributed by atoms with Crippen LogP contribution in [0.4, 0.5) is 10.5 Å². The second-order valence-corrected chi connectivity index (χ2v) is 5.42. The van der Waals surface area contributed by atoms with Crippen LogP contribution in [-0.2, 0) is 6.42 Å². The number of amides is 2. The number of H-pyrrole nitrogens is 1. The Labute approximate surface area is 136 Å². The van der Waals surface area contributed by atoms with Crippen molar-refractivity contribution in [2.45, 2.75) is 6.42 Å². The van der Waals surface area contributed by atoms with E-state index >= 15 is 0 Å². The van der Waals surface area contributed by atoms with Crippen molar-refractivity contribution in [1.29, 1.82) is 0 Å². The summed E-state index contributed by atoms with van der Waals surface area (Å²) in [6.45, 7) is 0.458. The van der Waals surface area contributed by atoms with Crippen molar-refractivity contribution in [2.75, 3.05) is 11.9 Å². The summed E-state index contributed by atoms with van der Waals surface area (Å²) in [6, 6.07) is 12.0. The van der Waals surface area contributed by atoms with E-state index in [1.807, 2.05) is 12.1 Å². The van der Waals surface area contributed by atoms with Gasteiger partial charge in [-0.1, -0.05) is 23.7 Å². The highest BCUT2D eigenvalue weighted by Crippen LogP contribution is 2.15. The third kappa shape index (κ3) is 3.92. The van der Waals surface area contributed by atoms with Crippen molar-refractivity contribution < 1.29 is 9.21 Å². The molecule has 3 rings (SSSR count). The third-order valence-electron chi connectivity index (χ3n) is 3.27. The normalized spacial score (nSPS) is 10.7. The van der Waals surface area contributed by atoms with Crippen LogP contribution in [0, 0.1) is 0 Å². The molecule has 23 heavy (non-hydrogen) atoms. The molecule has 3 N–H and O–H groups in total. The molecule has 0 spiro atoms. The van der Waals surface area contributed by atoms with E-state index in [0.29, 0.717) is 34.8 Å². The predicted octanol–water partition coefficient (Wildman–Crippen LogP) is 3.14. The molecule has 0 radical (unpaired) electrons. The van der Waals surface area contributed by atoms with Gasteiger partial charge in [-0.15, -0.1) is 0 Å². The zero-order chi connectivity index (χ0) is 16.2. The van der Waals surface area contributed by atoms with Crippen LogP contribution in [0.3, 0.4) is 0 Å². The minimum absolute atomic E-state index is 0.301. The number of urea groups is 1. The largest absolute Gasteiger partial charge is 0.417 e. The van der Waals surface area contributed by atoms with Crippen molar-refractivity contribution in [1.82, 2.24) is 10.3 Å². The highest BCUT2D eigenvalue weighted by molar-refractivity contribution is 6.30. The Hall–Kier alpha value is -2.73. The summed E-state index contributed by atoms with van der Waals surface area (Å²) in [5.74, 6) is -0.476. The topological polar surface area (TPSA) is 87.1 Å². The highest BCUT2D eigenvalue weighted by Gasteiger charge is 2.04. The number of benzene rings is 2. The van der Waals surface area contributed by atoms with Crippen LogP contribution in [0.5, 0.6) is 0 Å². The van der Waals surface area contributed by atoms with Crippen LogP contribution in [0.25, 0.3) is 11.1 Å². The van der Waals surface area contributed by atoms with Gasteiger partial charge in [0.15, 0.2) is 5.58 Å². The monoisotopic (exact) mass is 331 g/mol. The Bertz CT molecular complexity index is 901. The van der Waals surface area contributed by atoms with Gasteiger partial charge >= 0.3 is 11.8 Å². The number of aromatic nitrogens is 1. The second kappa shape index (κ2) is 6.58. The molecule has 7 heteroatoms. The number of carbonyl (C=O) groups is 1. The lowest BCUT2D eigenvalue weighted by Gasteiger charge is -2.08. The van der Waals surface area contributed by atoms with Crippen molar-refractivity contribution in [3.05, 3.63) is 63.6 Å². The van der Waals surface area contributed by atoms with Gasteiger partial charge in [-0.2, -0.15) is 0 Å². The van der Waals surface area contributed by atoms with Crippen molar-refractivity contribution in [3.8, 4) is 0 Å². The predicted molar refractivity (Wildman–Crippen MR) is 89.0 cm³/mol. The Morgan fingerprint density at radius 1 is 1.22 bits per heavy atom. The van der Waals surface area contributed by atoms with E-state index in [2.05, 4.69) is 15.6 Å². The zero-order valence-corrected chi connectivity index (χ0v) is 12.8. The minimum Gasteiger partial charge on any atom is -0.408 e. The Morgan fingerprint density at radius 2 is 2.09 bits per heavy atom. The van der Waals surface area contributed by atoms with Gasteiger partial charge in [0.05, 0.1) is 5.52 Å². The van der Waals surface area contributed by atoms with Crippen LogP contribution in [0.15, 0.2) is 51.7 Å². The number of hydrogen-bond donors (Lipinski definition) is 3. The maximum atomic E-state index is 11.8. The van der Waals surface area contributed by atoms with E-state index in [1.165, 1.54) is 0 Å². The van der Waals surface area contributed by atoms with Crippen LogP contribution < -0.4 is 16.4 Å². The number of carbonyl (C=O) groups excluding carboxylic acids is 1. The average Bonchev–Trinajstić information content (AvgIpc) is 2.86. The fourth-order valence-corrected chi connectivity index (χ4v) is 2.41. The third-order valence-corrected chi connectivity index (χ3v) is 3.50. The Morgan fingerprint density at radius 3 is 2.91 bits per heavy atom. The number of hydrogen-bond acceptors (Lipinski definition) is 3. The summed E-state index contributed by atoms with van der Waals surface area (Å²) in [5, 5.41) is 6.03. The van der Waals surface area contributed by atoms with Crippen LogP contribution in [-0.4, -0.2) is 17.6 Å². The molecule has 118 valence electrons.